The number of hydrogen-bond donors (Lipinski definition) is 0. The van der Waals surface area contributed by atoms with Crippen LogP contribution >= 0.6 is 0 Å². The zero-order chi connectivity index (χ0) is 13.0. The van der Waals surface area contributed by atoms with Crippen LogP contribution in [0, 0.1) is 0 Å². The summed E-state index contributed by atoms with van der Waals surface area (Å²) in [5, 5.41) is 4.52. The lowest BCUT2D eigenvalue weighted by Crippen LogP contribution is -2.19. The van der Waals surface area contributed by atoms with Crippen LogP contribution in [0.15, 0.2) is 35.6 Å². The molecule has 5 nitrogen and oxygen atoms in total. The minimum Gasteiger partial charge on any atom is -0.293 e. The summed E-state index contributed by atoms with van der Waals surface area (Å²) in [7, 11) is 0. The van der Waals surface area contributed by atoms with Gasteiger partial charge in [-0.05, 0) is 18.9 Å². The van der Waals surface area contributed by atoms with Crippen molar-refractivity contribution in [3.05, 3.63) is 46.9 Å². The summed E-state index contributed by atoms with van der Waals surface area (Å²) in [6.07, 6.45) is 7.14. The van der Waals surface area contributed by atoms with E-state index in [1.54, 1.807) is 10.9 Å². The van der Waals surface area contributed by atoms with Gasteiger partial charge in [0, 0.05) is 18.5 Å². The molecule has 0 spiro atoms. The fourth-order valence-corrected chi connectivity index (χ4v) is 2.00. The summed E-state index contributed by atoms with van der Waals surface area (Å²) in [4.78, 5) is 15.5. The van der Waals surface area contributed by atoms with E-state index in [1.807, 2.05) is 16.9 Å². The van der Waals surface area contributed by atoms with E-state index in [0.29, 0.717) is 12.6 Å². The standard InChI is InChI=1S/C13H18N4O/c1-3-12(4-2)17-8-6-11(15-17)9-16-10-14-7-5-13(16)18/h5-8,10,12H,3-4,9H2,1-2H3. The van der Waals surface area contributed by atoms with Gasteiger partial charge in [0.05, 0.1) is 24.6 Å². The number of nitrogens with zero attached hydrogens (tertiary/aromatic N) is 4. The normalized spacial score (nSPS) is 11.1. The summed E-state index contributed by atoms with van der Waals surface area (Å²) >= 11 is 0. The van der Waals surface area contributed by atoms with Crippen molar-refractivity contribution in [2.75, 3.05) is 0 Å². The van der Waals surface area contributed by atoms with Crippen LogP contribution in [0.25, 0.3) is 0 Å². The predicted molar refractivity (Wildman–Crippen MR) is 69.4 cm³/mol. The molecule has 0 aliphatic heterocycles. The minimum atomic E-state index is -0.0536. The largest absolute Gasteiger partial charge is 0.293 e. The van der Waals surface area contributed by atoms with Crippen LogP contribution in [0.1, 0.15) is 38.4 Å². The first-order valence-corrected chi connectivity index (χ1v) is 6.29. The first-order valence-electron chi connectivity index (χ1n) is 6.29. The predicted octanol–water partition coefficient (Wildman–Crippen LogP) is 1.85. The van der Waals surface area contributed by atoms with Crippen molar-refractivity contribution < 1.29 is 0 Å². The lowest BCUT2D eigenvalue weighted by Gasteiger charge is -2.12. The summed E-state index contributed by atoms with van der Waals surface area (Å²) in [6.45, 7) is 4.78. The molecular weight excluding hydrogens is 228 g/mol. The maximum atomic E-state index is 11.6. The van der Waals surface area contributed by atoms with Gasteiger partial charge in [-0.2, -0.15) is 5.10 Å². The van der Waals surface area contributed by atoms with Crippen LogP contribution < -0.4 is 5.56 Å². The van der Waals surface area contributed by atoms with Crippen molar-refractivity contribution in [1.29, 1.82) is 0 Å². The second-order valence-electron chi connectivity index (χ2n) is 4.30. The zero-order valence-corrected chi connectivity index (χ0v) is 10.8. The average Bonchev–Trinajstić information content (AvgIpc) is 2.82. The molecule has 0 atom stereocenters. The Hall–Kier alpha value is -1.91. The Balaban J connectivity index is 2.16. The van der Waals surface area contributed by atoms with Crippen molar-refractivity contribution in [2.24, 2.45) is 0 Å². The summed E-state index contributed by atoms with van der Waals surface area (Å²) < 4.78 is 3.54. The zero-order valence-electron chi connectivity index (χ0n) is 10.8. The highest BCUT2D eigenvalue weighted by atomic mass is 16.1. The summed E-state index contributed by atoms with van der Waals surface area (Å²) in [6, 6.07) is 3.85. The smallest absolute Gasteiger partial charge is 0.253 e. The Morgan fingerprint density at radius 1 is 1.28 bits per heavy atom. The van der Waals surface area contributed by atoms with Gasteiger partial charge < -0.3 is 0 Å². The Morgan fingerprint density at radius 3 is 2.72 bits per heavy atom. The molecule has 0 aliphatic rings. The molecule has 0 radical (unpaired) electrons. The van der Waals surface area contributed by atoms with Crippen molar-refractivity contribution in [3.8, 4) is 0 Å². The van der Waals surface area contributed by atoms with Gasteiger partial charge in [0.2, 0.25) is 0 Å². The third kappa shape index (κ3) is 2.67. The van der Waals surface area contributed by atoms with E-state index < -0.39 is 0 Å². The lowest BCUT2D eigenvalue weighted by molar-refractivity contribution is 0.424. The molecule has 18 heavy (non-hydrogen) atoms. The number of rotatable bonds is 5. The second kappa shape index (κ2) is 5.62. The van der Waals surface area contributed by atoms with Gasteiger partial charge in [-0.25, -0.2) is 4.98 Å². The molecule has 0 aliphatic carbocycles. The van der Waals surface area contributed by atoms with Gasteiger partial charge in [-0.1, -0.05) is 13.8 Å². The van der Waals surface area contributed by atoms with Crippen molar-refractivity contribution in [1.82, 2.24) is 19.3 Å². The maximum Gasteiger partial charge on any atom is 0.253 e. The van der Waals surface area contributed by atoms with E-state index in [0.717, 1.165) is 18.5 Å². The molecule has 2 aromatic heterocycles. The fourth-order valence-electron chi connectivity index (χ4n) is 2.00. The lowest BCUT2D eigenvalue weighted by atomic mass is 10.2. The van der Waals surface area contributed by atoms with Gasteiger partial charge in [0.1, 0.15) is 0 Å². The summed E-state index contributed by atoms with van der Waals surface area (Å²) in [5.74, 6) is 0. The first kappa shape index (κ1) is 12.5. The fraction of sp³-hybridized carbons (Fsp3) is 0.462. The molecule has 0 saturated carbocycles. The Bertz CT molecular complexity index is 554. The molecule has 0 unspecified atom stereocenters. The third-order valence-electron chi connectivity index (χ3n) is 3.10. The molecule has 0 aromatic carbocycles. The van der Waals surface area contributed by atoms with Crippen molar-refractivity contribution in [2.45, 2.75) is 39.3 Å². The van der Waals surface area contributed by atoms with Gasteiger partial charge >= 0.3 is 0 Å². The Morgan fingerprint density at radius 2 is 2.06 bits per heavy atom. The second-order valence-corrected chi connectivity index (χ2v) is 4.30. The van der Waals surface area contributed by atoms with E-state index in [4.69, 9.17) is 0 Å². The first-order chi connectivity index (χ1) is 8.74. The van der Waals surface area contributed by atoms with Crippen LogP contribution in [0.4, 0.5) is 0 Å². The number of aromatic nitrogens is 4. The molecule has 2 aromatic rings. The molecule has 0 fully saturated rings. The molecular formula is C13H18N4O. The average molecular weight is 246 g/mol. The molecule has 96 valence electrons. The van der Waals surface area contributed by atoms with Crippen molar-refractivity contribution in [3.63, 3.8) is 0 Å². The van der Waals surface area contributed by atoms with Gasteiger partial charge in [-0.15, -0.1) is 0 Å². The van der Waals surface area contributed by atoms with Gasteiger partial charge in [0.15, 0.2) is 0 Å². The van der Waals surface area contributed by atoms with Crippen LogP contribution in [0.2, 0.25) is 0 Å². The maximum absolute atomic E-state index is 11.6. The third-order valence-corrected chi connectivity index (χ3v) is 3.10. The Kier molecular flexibility index (Phi) is 3.92. The van der Waals surface area contributed by atoms with Crippen molar-refractivity contribution >= 4 is 0 Å². The SMILES string of the molecule is CCC(CC)n1ccc(Cn2cnccc2=O)n1. The molecule has 2 rings (SSSR count). The highest BCUT2D eigenvalue weighted by molar-refractivity contribution is 5.01. The van der Waals surface area contributed by atoms with E-state index in [1.165, 1.54) is 12.3 Å². The van der Waals surface area contributed by atoms with E-state index in [9.17, 15) is 4.79 Å². The number of hydrogen-bond acceptors (Lipinski definition) is 3. The summed E-state index contributed by atoms with van der Waals surface area (Å²) in [5.41, 5.74) is 0.832. The van der Waals surface area contributed by atoms with Crippen LogP contribution in [-0.2, 0) is 6.54 Å². The van der Waals surface area contributed by atoms with Crippen LogP contribution in [0.3, 0.4) is 0 Å². The van der Waals surface area contributed by atoms with Gasteiger partial charge in [-0.3, -0.25) is 14.0 Å². The topological polar surface area (TPSA) is 52.7 Å². The monoisotopic (exact) mass is 246 g/mol. The van der Waals surface area contributed by atoms with E-state index in [-0.39, 0.29) is 5.56 Å². The molecule has 0 N–H and O–H groups in total. The van der Waals surface area contributed by atoms with Crippen LogP contribution in [-0.4, -0.2) is 19.3 Å². The highest BCUT2D eigenvalue weighted by Crippen LogP contribution is 2.14. The molecule has 2 heterocycles. The van der Waals surface area contributed by atoms with E-state index in [2.05, 4.69) is 23.9 Å². The molecule has 5 heteroatoms. The Labute approximate surface area is 106 Å². The molecule has 0 bridgehead atoms. The molecule has 0 amide bonds. The van der Waals surface area contributed by atoms with Gasteiger partial charge in [0.25, 0.3) is 5.56 Å². The van der Waals surface area contributed by atoms with E-state index >= 15 is 0 Å². The quantitative estimate of drug-likeness (QED) is 0.809. The van der Waals surface area contributed by atoms with Crippen LogP contribution in [0.5, 0.6) is 0 Å². The molecule has 0 saturated heterocycles. The minimum absolute atomic E-state index is 0.0536. The highest BCUT2D eigenvalue weighted by Gasteiger charge is 2.08.